The number of hydrogen-bond acceptors (Lipinski definition) is 6. The fraction of sp³-hybridized carbons (Fsp3) is 0.281. The summed E-state index contributed by atoms with van der Waals surface area (Å²) in [6, 6.07) is 21.2. The van der Waals surface area contributed by atoms with Crippen molar-refractivity contribution in [1.82, 2.24) is 14.5 Å². The molecule has 4 aromatic rings. The largest absolute Gasteiger partial charge is 0.491 e. The predicted molar refractivity (Wildman–Crippen MR) is 168 cm³/mol. The van der Waals surface area contributed by atoms with Crippen LogP contribution in [-0.4, -0.2) is 53.4 Å². The van der Waals surface area contributed by atoms with Gasteiger partial charge in [0.25, 0.3) is 0 Å². The lowest BCUT2D eigenvalue weighted by atomic mass is 10.1. The minimum atomic E-state index is -1.09. The van der Waals surface area contributed by atoms with Crippen LogP contribution in [0.5, 0.6) is 5.75 Å². The van der Waals surface area contributed by atoms with Crippen molar-refractivity contribution in [3.05, 3.63) is 123 Å². The van der Waals surface area contributed by atoms with Crippen LogP contribution >= 0.6 is 34.8 Å². The normalized spacial score (nSPS) is 18.7. The van der Waals surface area contributed by atoms with Crippen molar-refractivity contribution in [3.8, 4) is 5.75 Å². The highest BCUT2D eigenvalue weighted by atomic mass is 35.5. The average Bonchev–Trinajstić information content (AvgIpc) is 3.64. The van der Waals surface area contributed by atoms with Gasteiger partial charge in [-0.05, 0) is 47.5 Å². The molecule has 1 saturated heterocycles. The van der Waals surface area contributed by atoms with Gasteiger partial charge in [-0.3, -0.25) is 4.90 Å². The number of imidazole rings is 1. The summed E-state index contributed by atoms with van der Waals surface area (Å²) < 4.78 is 20.7. The average molecular weight is 628 g/mol. The first-order chi connectivity index (χ1) is 20.4. The third kappa shape index (κ3) is 8.14. The van der Waals surface area contributed by atoms with Crippen molar-refractivity contribution < 1.29 is 14.2 Å². The van der Waals surface area contributed by atoms with Gasteiger partial charge in [0.1, 0.15) is 18.5 Å². The van der Waals surface area contributed by atoms with Crippen molar-refractivity contribution in [1.29, 1.82) is 0 Å². The number of hydrogen-bond donors (Lipinski definition) is 1. The van der Waals surface area contributed by atoms with E-state index in [2.05, 4.69) is 34.2 Å². The number of benzene rings is 3. The quantitative estimate of drug-likeness (QED) is 0.179. The summed E-state index contributed by atoms with van der Waals surface area (Å²) in [6.07, 6.45) is 9.22. The first kappa shape index (κ1) is 30.6. The van der Waals surface area contributed by atoms with Gasteiger partial charge in [0.15, 0.2) is 0 Å². The summed E-state index contributed by atoms with van der Waals surface area (Å²) in [7, 11) is 0. The van der Waals surface area contributed by atoms with Gasteiger partial charge in [-0.15, -0.1) is 0 Å². The Balaban J connectivity index is 1.17. The second-order valence-corrected chi connectivity index (χ2v) is 11.4. The summed E-state index contributed by atoms with van der Waals surface area (Å²) in [5, 5.41) is 1.75. The zero-order valence-electron chi connectivity index (χ0n) is 23.0. The summed E-state index contributed by atoms with van der Waals surface area (Å²) in [4.78, 5) is 6.44. The molecular weight excluding hydrogens is 595 g/mol. The van der Waals surface area contributed by atoms with E-state index in [1.54, 1.807) is 24.7 Å². The maximum Gasteiger partial charge on any atom is 0.215 e. The molecule has 3 aromatic carbocycles. The molecule has 1 fully saturated rings. The van der Waals surface area contributed by atoms with Crippen molar-refractivity contribution in [3.63, 3.8) is 0 Å². The van der Waals surface area contributed by atoms with Crippen LogP contribution in [0.4, 0.5) is 0 Å². The highest BCUT2D eigenvalue weighted by Gasteiger charge is 2.45. The number of aromatic nitrogens is 2. The summed E-state index contributed by atoms with van der Waals surface area (Å²) in [6.45, 7) is 4.00. The number of halogens is 3. The van der Waals surface area contributed by atoms with Crippen LogP contribution in [0.25, 0.3) is 6.08 Å². The molecule has 0 radical (unpaired) electrons. The lowest BCUT2D eigenvalue weighted by molar-refractivity contribution is -0.189. The number of nitrogens with two attached hydrogens (primary N) is 1. The standard InChI is InChI=1S/C32H33Cl3N4O3/c33-26-7-3-24(4-8-26)2-1-15-38(16-13-36)19-25-5-10-28(11-6-25)40-20-29-21-41-32(42-29,22-39-17-14-37-23-39)30-12-9-27(34)18-31(30)35/h1-12,14,17-18,23,29H,13,15-16,19-22,36H2/b2-1+/t29-,32-/m1/s1. The van der Waals surface area contributed by atoms with Crippen molar-refractivity contribution >= 4 is 40.9 Å². The third-order valence-corrected chi connectivity index (χ3v) is 7.71. The van der Waals surface area contributed by atoms with Gasteiger partial charge in [0.2, 0.25) is 5.79 Å². The van der Waals surface area contributed by atoms with E-state index in [0.717, 1.165) is 36.0 Å². The van der Waals surface area contributed by atoms with E-state index in [4.69, 9.17) is 54.7 Å². The van der Waals surface area contributed by atoms with Crippen molar-refractivity contribution in [2.45, 2.75) is 25.0 Å². The predicted octanol–water partition coefficient (Wildman–Crippen LogP) is 6.66. The van der Waals surface area contributed by atoms with Crippen LogP contribution in [-0.2, 0) is 28.4 Å². The topological polar surface area (TPSA) is 74.8 Å². The first-order valence-electron chi connectivity index (χ1n) is 13.7. The molecule has 0 bridgehead atoms. The number of ether oxygens (including phenoxy) is 3. The molecule has 1 aliphatic heterocycles. The van der Waals surface area contributed by atoms with Crippen molar-refractivity contribution in [2.75, 3.05) is 32.8 Å². The molecule has 7 nitrogen and oxygen atoms in total. The molecule has 42 heavy (non-hydrogen) atoms. The number of rotatable bonds is 13. The molecule has 10 heteroatoms. The van der Waals surface area contributed by atoms with E-state index in [0.29, 0.717) is 41.9 Å². The summed E-state index contributed by atoms with van der Waals surface area (Å²) in [5.74, 6) is -0.332. The minimum absolute atomic E-state index is 0.299. The molecule has 2 N–H and O–H groups in total. The van der Waals surface area contributed by atoms with Crippen LogP contribution in [0.1, 0.15) is 16.7 Å². The molecule has 1 aromatic heterocycles. The van der Waals surface area contributed by atoms with Gasteiger partial charge in [0.05, 0.1) is 24.5 Å². The molecule has 0 saturated carbocycles. The minimum Gasteiger partial charge on any atom is -0.491 e. The Hall–Kier alpha value is -2.88. The Morgan fingerprint density at radius 2 is 1.83 bits per heavy atom. The Bertz CT molecular complexity index is 1450. The fourth-order valence-corrected chi connectivity index (χ4v) is 5.52. The van der Waals surface area contributed by atoms with Gasteiger partial charge >= 0.3 is 0 Å². The highest BCUT2D eigenvalue weighted by Crippen LogP contribution is 2.40. The van der Waals surface area contributed by atoms with Gasteiger partial charge < -0.3 is 24.5 Å². The fourth-order valence-electron chi connectivity index (χ4n) is 4.84. The molecule has 0 spiro atoms. The van der Waals surface area contributed by atoms with E-state index in [9.17, 15) is 0 Å². The second-order valence-electron chi connectivity index (χ2n) is 10.1. The monoisotopic (exact) mass is 626 g/mol. The number of nitrogens with zero attached hydrogens (tertiary/aromatic N) is 3. The van der Waals surface area contributed by atoms with Gasteiger partial charge in [-0.25, -0.2) is 4.98 Å². The maximum atomic E-state index is 6.57. The Labute approximate surface area is 261 Å². The zero-order chi connectivity index (χ0) is 29.4. The molecule has 2 heterocycles. The van der Waals surface area contributed by atoms with Crippen LogP contribution in [0, 0.1) is 0 Å². The molecule has 0 aliphatic carbocycles. The lowest BCUT2D eigenvalue weighted by Gasteiger charge is -2.30. The van der Waals surface area contributed by atoms with Crippen LogP contribution in [0.15, 0.2) is 91.5 Å². The van der Waals surface area contributed by atoms with Gasteiger partial charge in [0, 0.05) is 54.2 Å². The zero-order valence-corrected chi connectivity index (χ0v) is 25.3. The maximum absolute atomic E-state index is 6.57. The van der Waals surface area contributed by atoms with Crippen LogP contribution < -0.4 is 10.5 Å². The second kappa shape index (κ2) is 14.5. The van der Waals surface area contributed by atoms with E-state index in [1.807, 2.05) is 53.2 Å². The molecule has 0 unspecified atom stereocenters. The van der Waals surface area contributed by atoms with Crippen LogP contribution in [0.3, 0.4) is 0 Å². The molecule has 0 amide bonds. The molecule has 1 aliphatic rings. The van der Waals surface area contributed by atoms with E-state index < -0.39 is 5.79 Å². The summed E-state index contributed by atoms with van der Waals surface area (Å²) in [5.41, 5.74) is 8.87. The Kier molecular flexibility index (Phi) is 10.6. The third-order valence-electron chi connectivity index (χ3n) is 6.91. The first-order valence-corrected chi connectivity index (χ1v) is 14.9. The van der Waals surface area contributed by atoms with Crippen molar-refractivity contribution in [2.24, 2.45) is 5.73 Å². The van der Waals surface area contributed by atoms with Gasteiger partial charge in [-0.2, -0.15) is 0 Å². The summed E-state index contributed by atoms with van der Waals surface area (Å²) >= 11 is 18.7. The Morgan fingerprint density at radius 1 is 1.05 bits per heavy atom. The molecule has 220 valence electrons. The molecule has 5 rings (SSSR count). The van der Waals surface area contributed by atoms with Crippen LogP contribution in [0.2, 0.25) is 15.1 Å². The van der Waals surface area contributed by atoms with E-state index >= 15 is 0 Å². The van der Waals surface area contributed by atoms with Gasteiger partial charge in [-0.1, -0.05) is 77.3 Å². The Morgan fingerprint density at radius 3 is 2.55 bits per heavy atom. The highest BCUT2D eigenvalue weighted by molar-refractivity contribution is 6.35. The molecule has 2 atom stereocenters. The lowest BCUT2D eigenvalue weighted by Crippen LogP contribution is -2.34. The van der Waals surface area contributed by atoms with E-state index in [-0.39, 0.29) is 6.10 Å². The smallest absolute Gasteiger partial charge is 0.215 e. The van der Waals surface area contributed by atoms with E-state index in [1.165, 1.54) is 5.56 Å². The molecular formula is C32H33Cl3N4O3. The SMILES string of the molecule is NCCN(C/C=C/c1ccc(Cl)cc1)Cc1ccc(OC[C@@H]2CO[C@@](Cn3ccnc3)(c3ccc(Cl)cc3Cl)O2)cc1.